The van der Waals surface area contributed by atoms with E-state index in [0.717, 1.165) is 50.8 Å². The van der Waals surface area contributed by atoms with Crippen LogP contribution in [0, 0.1) is 5.92 Å². The van der Waals surface area contributed by atoms with E-state index in [0.29, 0.717) is 19.1 Å². The second kappa shape index (κ2) is 11.0. The van der Waals surface area contributed by atoms with Crippen LogP contribution >= 0.6 is 0 Å². The minimum atomic E-state index is -0.164. The first-order chi connectivity index (χ1) is 17.5. The molecule has 190 valence electrons. The number of piperidine rings is 1. The second-order valence-corrected chi connectivity index (χ2v) is 10.4. The van der Waals surface area contributed by atoms with Crippen molar-refractivity contribution >= 4 is 16.7 Å². The van der Waals surface area contributed by atoms with Gasteiger partial charge in [0.05, 0.1) is 5.92 Å². The maximum absolute atomic E-state index is 14.1. The summed E-state index contributed by atoms with van der Waals surface area (Å²) in [6, 6.07) is 17.1. The van der Waals surface area contributed by atoms with Gasteiger partial charge in [0.2, 0.25) is 5.91 Å². The van der Waals surface area contributed by atoms with Crippen LogP contribution in [0.4, 0.5) is 0 Å². The highest BCUT2D eigenvalue weighted by Gasteiger charge is 2.40. The Kier molecular flexibility index (Phi) is 7.54. The number of rotatable bonds is 9. The third-order valence-electron chi connectivity index (χ3n) is 7.79. The zero-order valence-electron chi connectivity index (χ0n) is 21.4. The van der Waals surface area contributed by atoms with Crippen molar-refractivity contribution in [2.45, 2.75) is 50.6 Å². The molecule has 2 fully saturated rings. The van der Waals surface area contributed by atoms with Gasteiger partial charge in [-0.3, -0.25) is 9.59 Å². The van der Waals surface area contributed by atoms with Crippen molar-refractivity contribution in [1.29, 1.82) is 0 Å². The molecule has 0 radical (unpaired) electrons. The van der Waals surface area contributed by atoms with Gasteiger partial charge in [-0.05, 0) is 78.1 Å². The average molecular weight is 488 g/mol. The number of fused-ring (bicyclic) bond motifs is 1. The molecule has 0 spiro atoms. The number of hydrogen-bond donors (Lipinski definition) is 1. The van der Waals surface area contributed by atoms with Crippen molar-refractivity contribution < 1.29 is 9.53 Å². The number of aryl methyl sites for hydroxylation is 2. The largest absolute Gasteiger partial charge is 0.385 e. The Bertz CT molecular complexity index is 1280. The standard InChI is InChI=1S/C30H37N3O3/c1-32-14-12-23(18-29(32)34)27-11-13-31-19-28(27)30(35)33(25-9-10-25)20-24-17-21(6-5-15-36-2)16-22-7-3-4-8-26(22)24/h3-4,7-8,12,14,16-18,25,27-28,31H,5-6,9-11,13,15,19-20H2,1-2H3/t27-,28+/m0/s1. The van der Waals surface area contributed by atoms with E-state index in [-0.39, 0.29) is 23.3 Å². The van der Waals surface area contributed by atoms with E-state index in [1.807, 2.05) is 12.3 Å². The van der Waals surface area contributed by atoms with Gasteiger partial charge >= 0.3 is 0 Å². The summed E-state index contributed by atoms with van der Waals surface area (Å²) in [5.74, 6) is 0.109. The molecule has 2 heterocycles. The Morgan fingerprint density at radius 1 is 1.14 bits per heavy atom. The normalized spacial score (nSPS) is 19.9. The Morgan fingerprint density at radius 3 is 2.75 bits per heavy atom. The SMILES string of the molecule is COCCCc1cc(CN(C(=O)[C@@H]2CNCC[C@H]2c2ccn(C)c(=O)c2)C2CC2)c2ccccc2c1. The lowest BCUT2D eigenvalue weighted by molar-refractivity contribution is -0.138. The zero-order chi connectivity index (χ0) is 25.1. The van der Waals surface area contributed by atoms with Crippen LogP contribution in [0.5, 0.6) is 0 Å². The molecule has 3 aromatic rings. The molecule has 5 rings (SSSR count). The van der Waals surface area contributed by atoms with Crippen LogP contribution in [-0.2, 0) is 29.5 Å². The fourth-order valence-corrected chi connectivity index (χ4v) is 5.64. The van der Waals surface area contributed by atoms with Gasteiger partial charge in [0, 0.05) is 52.2 Å². The number of carbonyl (C=O) groups is 1. The summed E-state index contributed by atoms with van der Waals surface area (Å²) < 4.78 is 6.85. The van der Waals surface area contributed by atoms with Crippen molar-refractivity contribution in [2.75, 3.05) is 26.8 Å². The molecule has 0 bridgehead atoms. The molecule has 2 aliphatic rings. The maximum Gasteiger partial charge on any atom is 0.250 e. The molecule has 0 unspecified atom stereocenters. The summed E-state index contributed by atoms with van der Waals surface area (Å²) in [5, 5.41) is 5.89. The molecule has 6 heteroatoms. The minimum Gasteiger partial charge on any atom is -0.385 e. The monoisotopic (exact) mass is 487 g/mol. The van der Waals surface area contributed by atoms with Crippen molar-refractivity contribution in [3.05, 3.63) is 81.8 Å². The number of nitrogens with one attached hydrogen (secondary N) is 1. The number of methoxy groups -OCH3 is 1. The van der Waals surface area contributed by atoms with E-state index in [2.05, 4.69) is 46.6 Å². The van der Waals surface area contributed by atoms with Gasteiger partial charge in [0.1, 0.15) is 0 Å². The van der Waals surface area contributed by atoms with Gasteiger partial charge < -0.3 is 19.5 Å². The fourth-order valence-electron chi connectivity index (χ4n) is 5.64. The molecule has 1 aliphatic carbocycles. The predicted molar refractivity (Wildman–Crippen MR) is 143 cm³/mol. The lowest BCUT2D eigenvalue weighted by atomic mass is 9.80. The smallest absolute Gasteiger partial charge is 0.250 e. The number of amides is 1. The summed E-state index contributed by atoms with van der Waals surface area (Å²) in [4.78, 5) is 28.6. The van der Waals surface area contributed by atoms with Gasteiger partial charge in [-0.2, -0.15) is 0 Å². The van der Waals surface area contributed by atoms with E-state index in [1.165, 1.54) is 21.9 Å². The highest BCUT2D eigenvalue weighted by molar-refractivity contribution is 5.87. The molecular formula is C30H37N3O3. The molecule has 1 aromatic heterocycles. The van der Waals surface area contributed by atoms with Crippen LogP contribution in [0.3, 0.4) is 0 Å². The molecule has 6 nitrogen and oxygen atoms in total. The summed E-state index contributed by atoms with van der Waals surface area (Å²) in [6.45, 7) is 2.89. The van der Waals surface area contributed by atoms with Crippen LogP contribution in [-0.4, -0.2) is 48.2 Å². The highest BCUT2D eigenvalue weighted by Crippen LogP contribution is 2.36. The van der Waals surface area contributed by atoms with Crippen LogP contribution < -0.4 is 10.9 Å². The number of aromatic nitrogens is 1. The van der Waals surface area contributed by atoms with E-state index < -0.39 is 0 Å². The lowest BCUT2D eigenvalue weighted by Gasteiger charge is -2.36. The molecular weight excluding hydrogens is 450 g/mol. The van der Waals surface area contributed by atoms with Crippen molar-refractivity contribution in [3.63, 3.8) is 0 Å². The number of benzene rings is 2. The number of ether oxygens (including phenoxy) is 1. The molecule has 1 saturated heterocycles. The Balaban J connectivity index is 1.44. The molecule has 1 amide bonds. The quantitative estimate of drug-likeness (QED) is 0.464. The van der Waals surface area contributed by atoms with E-state index in [9.17, 15) is 9.59 Å². The fraction of sp³-hybridized carbons (Fsp3) is 0.467. The van der Waals surface area contributed by atoms with Crippen molar-refractivity contribution in [1.82, 2.24) is 14.8 Å². The number of carbonyl (C=O) groups excluding carboxylic acids is 1. The van der Waals surface area contributed by atoms with Gasteiger partial charge in [0.25, 0.3) is 5.56 Å². The van der Waals surface area contributed by atoms with Crippen LogP contribution in [0.2, 0.25) is 0 Å². The first kappa shape index (κ1) is 24.7. The van der Waals surface area contributed by atoms with Crippen LogP contribution in [0.15, 0.2) is 59.5 Å². The Morgan fingerprint density at radius 2 is 1.97 bits per heavy atom. The molecule has 1 N–H and O–H groups in total. The average Bonchev–Trinajstić information content (AvgIpc) is 3.74. The van der Waals surface area contributed by atoms with Gasteiger partial charge in [-0.1, -0.05) is 36.4 Å². The molecule has 2 aromatic carbocycles. The van der Waals surface area contributed by atoms with E-state index in [4.69, 9.17) is 4.74 Å². The summed E-state index contributed by atoms with van der Waals surface area (Å²) in [5.41, 5.74) is 3.48. The number of nitrogens with zero attached hydrogens (tertiary/aromatic N) is 2. The summed E-state index contributed by atoms with van der Waals surface area (Å²) in [6.07, 6.45) is 6.75. The summed E-state index contributed by atoms with van der Waals surface area (Å²) >= 11 is 0. The van der Waals surface area contributed by atoms with Crippen LogP contribution in [0.25, 0.3) is 10.8 Å². The van der Waals surface area contributed by atoms with E-state index in [1.54, 1.807) is 24.8 Å². The first-order valence-electron chi connectivity index (χ1n) is 13.2. The third-order valence-corrected chi connectivity index (χ3v) is 7.79. The predicted octanol–water partition coefficient (Wildman–Crippen LogP) is 4.00. The maximum atomic E-state index is 14.1. The number of hydrogen-bond acceptors (Lipinski definition) is 4. The number of pyridine rings is 1. The van der Waals surface area contributed by atoms with Crippen LogP contribution in [0.1, 0.15) is 48.3 Å². The molecule has 1 saturated carbocycles. The lowest BCUT2D eigenvalue weighted by Crippen LogP contribution is -2.47. The molecule has 36 heavy (non-hydrogen) atoms. The molecule has 2 atom stereocenters. The topological polar surface area (TPSA) is 63.6 Å². The summed E-state index contributed by atoms with van der Waals surface area (Å²) in [7, 11) is 3.51. The van der Waals surface area contributed by atoms with E-state index >= 15 is 0 Å². The van der Waals surface area contributed by atoms with Gasteiger partial charge in [-0.25, -0.2) is 0 Å². The minimum absolute atomic E-state index is 0.0203. The first-order valence-corrected chi connectivity index (χ1v) is 13.2. The van der Waals surface area contributed by atoms with Gasteiger partial charge in [-0.15, -0.1) is 0 Å². The van der Waals surface area contributed by atoms with Crippen molar-refractivity contribution in [2.24, 2.45) is 13.0 Å². The Hall–Kier alpha value is -2.96. The second-order valence-electron chi connectivity index (χ2n) is 10.4. The van der Waals surface area contributed by atoms with Crippen molar-refractivity contribution in [3.8, 4) is 0 Å². The Labute approximate surface area is 213 Å². The highest BCUT2D eigenvalue weighted by atomic mass is 16.5. The van der Waals surface area contributed by atoms with Gasteiger partial charge in [0.15, 0.2) is 0 Å². The zero-order valence-corrected chi connectivity index (χ0v) is 21.4. The molecule has 1 aliphatic heterocycles. The third kappa shape index (κ3) is 5.40.